The van der Waals surface area contributed by atoms with Gasteiger partial charge in [0.1, 0.15) is 0 Å². The molecule has 2 aliphatic heterocycles. The van der Waals surface area contributed by atoms with Gasteiger partial charge in [0.25, 0.3) is 0 Å². The van der Waals surface area contributed by atoms with Crippen molar-refractivity contribution in [2.45, 2.75) is 58.3 Å². The highest BCUT2D eigenvalue weighted by atomic mass is 16.5. The highest BCUT2D eigenvalue weighted by molar-refractivity contribution is 5.59. The molecule has 3 atom stereocenters. The molecule has 0 spiro atoms. The number of nitrogens with zero attached hydrogens (tertiary/aromatic N) is 1. The van der Waals surface area contributed by atoms with Gasteiger partial charge in [0, 0.05) is 24.8 Å². The van der Waals surface area contributed by atoms with E-state index in [4.69, 9.17) is 4.74 Å². The third kappa shape index (κ3) is 3.24. The SMILES string of the molecule is CCNC(C)c1ccc2c(c1)CCN2CC1CCC(C)O1. The topological polar surface area (TPSA) is 24.5 Å². The van der Waals surface area contributed by atoms with Crippen molar-refractivity contribution in [3.05, 3.63) is 29.3 Å². The van der Waals surface area contributed by atoms with Gasteiger partial charge >= 0.3 is 0 Å². The molecule has 0 amide bonds. The standard InChI is InChI=1S/C18H28N2O/c1-4-19-14(3)15-6-8-18-16(11-15)9-10-20(18)12-17-7-5-13(2)21-17/h6,8,11,13-14,17,19H,4-5,7,9-10,12H2,1-3H3. The number of anilines is 1. The Morgan fingerprint density at radius 3 is 2.95 bits per heavy atom. The van der Waals surface area contributed by atoms with Crippen LogP contribution >= 0.6 is 0 Å². The molecule has 0 bridgehead atoms. The van der Waals surface area contributed by atoms with Crippen molar-refractivity contribution in [3.8, 4) is 0 Å². The largest absolute Gasteiger partial charge is 0.373 e. The molecule has 1 aromatic carbocycles. The number of rotatable bonds is 5. The van der Waals surface area contributed by atoms with Gasteiger partial charge in [0.15, 0.2) is 0 Å². The lowest BCUT2D eigenvalue weighted by molar-refractivity contribution is 0.0602. The maximum Gasteiger partial charge on any atom is 0.0754 e. The Balaban J connectivity index is 1.68. The fourth-order valence-electron chi connectivity index (χ4n) is 3.64. The van der Waals surface area contributed by atoms with Crippen LogP contribution in [0.5, 0.6) is 0 Å². The van der Waals surface area contributed by atoms with Crippen LogP contribution in [0.15, 0.2) is 18.2 Å². The third-order valence-corrected chi connectivity index (χ3v) is 4.85. The summed E-state index contributed by atoms with van der Waals surface area (Å²) < 4.78 is 5.98. The molecule has 0 saturated carbocycles. The number of nitrogens with one attached hydrogen (secondary N) is 1. The zero-order valence-electron chi connectivity index (χ0n) is 13.6. The summed E-state index contributed by atoms with van der Waals surface area (Å²) in [6, 6.07) is 7.42. The Kier molecular flexibility index (Phi) is 4.51. The second-order valence-corrected chi connectivity index (χ2v) is 6.51. The van der Waals surface area contributed by atoms with E-state index in [0.717, 1.165) is 19.6 Å². The molecule has 3 rings (SSSR count). The number of ether oxygens (including phenoxy) is 1. The van der Waals surface area contributed by atoms with Crippen molar-refractivity contribution in [3.63, 3.8) is 0 Å². The van der Waals surface area contributed by atoms with Gasteiger partial charge in [-0.15, -0.1) is 0 Å². The molecule has 21 heavy (non-hydrogen) atoms. The van der Waals surface area contributed by atoms with Crippen LogP contribution in [0.4, 0.5) is 5.69 Å². The van der Waals surface area contributed by atoms with Crippen molar-refractivity contribution in [1.29, 1.82) is 0 Å². The van der Waals surface area contributed by atoms with Crippen LogP contribution < -0.4 is 10.2 Å². The van der Waals surface area contributed by atoms with Crippen LogP contribution in [0.1, 0.15) is 50.8 Å². The summed E-state index contributed by atoms with van der Waals surface area (Å²) in [5, 5.41) is 3.49. The maximum atomic E-state index is 5.98. The lowest BCUT2D eigenvalue weighted by Crippen LogP contribution is -2.31. The molecular formula is C18H28N2O. The summed E-state index contributed by atoms with van der Waals surface area (Å²) in [6.45, 7) is 9.80. The number of fused-ring (bicyclic) bond motifs is 1. The number of hydrogen-bond donors (Lipinski definition) is 1. The molecular weight excluding hydrogens is 260 g/mol. The first-order chi connectivity index (χ1) is 10.2. The second-order valence-electron chi connectivity index (χ2n) is 6.51. The molecule has 0 radical (unpaired) electrons. The minimum atomic E-state index is 0.423. The Morgan fingerprint density at radius 1 is 1.38 bits per heavy atom. The molecule has 0 aliphatic carbocycles. The van der Waals surface area contributed by atoms with Gasteiger partial charge in [-0.25, -0.2) is 0 Å². The van der Waals surface area contributed by atoms with E-state index in [9.17, 15) is 0 Å². The van der Waals surface area contributed by atoms with Crippen molar-refractivity contribution >= 4 is 5.69 Å². The zero-order valence-corrected chi connectivity index (χ0v) is 13.6. The Labute approximate surface area is 128 Å². The fourth-order valence-corrected chi connectivity index (χ4v) is 3.64. The Morgan fingerprint density at radius 2 is 2.24 bits per heavy atom. The molecule has 2 aliphatic rings. The summed E-state index contributed by atoms with van der Waals surface area (Å²) >= 11 is 0. The molecule has 3 heteroatoms. The van der Waals surface area contributed by atoms with E-state index >= 15 is 0 Å². The van der Waals surface area contributed by atoms with Crippen LogP contribution in [-0.2, 0) is 11.2 Å². The molecule has 116 valence electrons. The quantitative estimate of drug-likeness (QED) is 0.900. The minimum absolute atomic E-state index is 0.423. The molecule has 1 aromatic rings. The van der Waals surface area contributed by atoms with Crippen molar-refractivity contribution in [2.24, 2.45) is 0 Å². The van der Waals surface area contributed by atoms with Gasteiger partial charge in [-0.2, -0.15) is 0 Å². The van der Waals surface area contributed by atoms with Crippen LogP contribution in [0.25, 0.3) is 0 Å². The van der Waals surface area contributed by atoms with Gasteiger partial charge in [0.05, 0.1) is 12.2 Å². The Hall–Kier alpha value is -1.06. The second kappa shape index (κ2) is 6.37. The Bertz CT molecular complexity index is 488. The molecule has 1 fully saturated rings. The average Bonchev–Trinajstić information content (AvgIpc) is 3.06. The van der Waals surface area contributed by atoms with Crippen LogP contribution in [0.2, 0.25) is 0 Å². The monoisotopic (exact) mass is 288 g/mol. The first-order valence-electron chi connectivity index (χ1n) is 8.44. The summed E-state index contributed by atoms with van der Waals surface area (Å²) in [6.07, 6.45) is 4.46. The van der Waals surface area contributed by atoms with E-state index in [-0.39, 0.29) is 0 Å². The first-order valence-corrected chi connectivity index (χ1v) is 8.44. The number of hydrogen-bond acceptors (Lipinski definition) is 3. The molecule has 3 nitrogen and oxygen atoms in total. The van der Waals surface area contributed by atoms with E-state index in [1.807, 2.05) is 0 Å². The van der Waals surface area contributed by atoms with E-state index in [1.165, 1.54) is 36.1 Å². The van der Waals surface area contributed by atoms with E-state index in [2.05, 4.69) is 49.2 Å². The van der Waals surface area contributed by atoms with E-state index < -0.39 is 0 Å². The third-order valence-electron chi connectivity index (χ3n) is 4.85. The van der Waals surface area contributed by atoms with Crippen molar-refractivity contribution < 1.29 is 4.74 Å². The highest BCUT2D eigenvalue weighted by Crippen LogP contribution is 2.32. The lowest BCUT2D eigenvalue weighted by atomic mass is 10.0. The van der Waals surface area contributed by atoms with Gasteiger partial charge < -0.3 is 15.0 Å². The van der Waals surface area contributed by atoms with Crippen LogP contribution in [0, 0.1) is 0 Å². The lowest BCUT2D eigenvalue weighted by Gasteiger charge is -2.24. The summed E-state index contributed by atoms with van der Waals surface area (Å²) in [7, 11) is 0. The minimum Gasteiger partial charge on any atom is -0.373 e. The van der Waals surface area contributed by atoms with Crippen molar-refractivity contribution in [1.82, 2.24) is 5.32 Å². The van der Waals surface area contributed by atoms with Crippen LogP contribution in [-0.4, -0.2) is 31.8 Å². The zero-order chi connectivity index (χ0) is 14.8. The molecule has 2 heterocycles. The normalized spacial score (nSPS) is 26.1. The summed E-state index contributed by atoms with van der Waals surface area (Å²) in [5.41, 5.74) is 4.33. The van der Waals surface area contributed by atoms with Gasteiger partial charge in [-0.3, -0.25) is 0 Å². The van der Waals surface area contributed by atoms with Gasteiger partial charge in [-0.1, -0.05) is 19.1 Å². The molecule has 3 unspecified atom stereocenters. The fraction of sp³-hybridized carbons (Fsp3) is 0.667. The maximum absolute atomic E-state index is 5.98. The highest BCUT2D eigenvalue weighted by Gasteiger charge is 2.27. The summed E-state index contributed by atoms with van der Waals surface area (Å²) in [5.74, 6) is 0. The average molecular weight is 288 g/mol. The van der Waals surface area contributed by atoms with Gasteiger partial charge in [0.2, 0.25) is 0 Å². The summed E-state index contributed by atoms with van der Waals surface area (Å²) in [4.78, 5) is 2.51. The molecule has 1 N–H and O–H groups in total. The van der Waals surface area contributed by atoms with Crippen molar-refractivity contribution in [2.75, 3.05) is 24.5 Å². The smallest absolute Gasteiger partial charge is 0.0754 e. The van der Waals surface area contributed by atoms with Gasteiger partial charge in [-0.05, 0) is 56.8 Å². The van der Waals surface area contributed by atoms with Crippen LogP contribution in [0.3, 0.4) is 0 Å². The molecule has 1 saturated heterocycles. The number of benzene rings is 1. The van der Waals surface area contributed by atoms with E-state index in [0.29, 0.717) is 18.2 Å². The first kappa shape index (κ1) is 14.9. The molecule has 0 aromatic heterocycles. The predicted octanol–water partition coefficient (Wildman–Crippen LogP) is 3.29. The van der Waals surface area contributed by atoms with E-state index in [1.54, 1.807) is 0 Å². The predicted molar refractivity (Wildman–Crippen MR) is 88.0 cm³/mol.